The number of nitrogens with zero attached hydrogens (tertiary/aromatic N) is 2. The lowest BCUT2D eigenvalue weighted by molar-refractivity contribution is 0.344. The number of hydrogen-bond donors (Lipinski definition) is 1. The second-order valence-electron chi connectivity index (χ2n) is 5.36. The first-order valence-electron chi connectivity index (χ1n) is 7.83. The Hall–Kier alpha value is -2.12. The zero-order chi connectivity index (χ0) is 17.5. The van der Waals surface area contributed by atoms with Crippen molar-refractivity contribution in [3.05, 3.63) is 65.5 Å². The normalized spacial score (nSPS) is 10.6. The van der Waals surface area contributed by atoms with Gasteiger partial charge >= 0.3 is 0 Å². The van der Waals surface area contributed by atoms with Crippen molar-refractivity contribution in [1.82, 2.24) is 10.2 Å². The zero-order valence-corrected chi connectivity index (χ0v) is 15.4. The van der Waals surface area contributed by atoms with Crippen LogP contribution < -0.4 is 10.1 Å². The van der Waals surface area contributed by atoms with Crippen LogP contribution in [0.25, 0.3) is 0 Å². The predicted octanol–water partition coefficient (Wildman–Crippen LogP) is 4.77. The van der Waals surface area contributed by atoms with E-state index in [2.05, 4.69) is 22.4 Å². The molecule has 25 heavy (non-hydrogen) atoms. The van der Waals surface area contributed by atoms with Crippen molar-refractivity contribution >= 4 is 28.2 Å². The van der Waals surface area contributed by atoms with Gasteiger partial charge in [-0.1, -0.05) is 52.9 Å². The van der Waals surface area contributed by atoms with E-state index < -0.39 is 0 Å². The van der Waals surface area contributed by atoms with Crippen LogP contribution in [0.4, 0.5) is 9.52 Å². The molecule has 0 fully saturated rings. The highest BCUT2D eigenvalue weighted by Crippen LogP contribution is 2.25. The molecule has 0 radical (unpaired) electrons. The van der Waals surface area contributed by atoms with E-state index in [0.29, 0.717) is 13.2 Å². The van der Waals surface area contributed by atoms with Gasteiger partial charge in [-0.15, -0.1) is 10.2 Å². The van der Waals surface area contributed by atoms with Crippen LogP contribution in [0.1, 0.15) is 11.1 Å². The van der Waals surface area contributed by atoms with Gasteiger partial charge in [0.1, 0.15) is 11.6 Å². The van der Waals surface area contributed by atoms with Gasteiger partial charge in [-0.05, 0) is 36.8 Å². The van der Waals surface area contributed by atoms with Crippen molar-refractivity contribution in [1.29, 1.82) is 0 Å². The van der Waals surface area contributed by atoms with E-state index in [-0.39, 0.29) is 5.82 Å². The molecule has 0 aliphatic carbocycles. The van der Waals surface area contributed by atoms with Crippen molar-refractivity contribution in [2.75, 3.05) is 17.7 Å². The number of anilines is 1. The van der Waals surface area contributed by atoms with E-state index in [1.165, 1.54) is 29.0 Å². The molecule has 0 saturated heterocycles. The van der Waals surface area contributed by atoms with Crippen LogP contribution in [0.3, 0.4) is 0 Å². The smallest absolute Gasteiger partial charge is 0.206 e. The summed E-state index contributed by atoms with van der Waals surface area (Å²) in [5.41, 5.74) is 2.22. The summed E-state index contributed by atoms with van der Waals surface area (Å²) < 4.78 is 19.5. The largest absolute Gasteiger partial charge is 0.493 e. The summed E-state index contributed by atoms with van der Waals surface area (Å²) in [7, 11) is 0. The molecule has 0 bridgehead atoms. The standard InChI is InChI=1S/C18H18FN3OS2/c1-13-2-8-16(9-3-13)23-10-11-24-18-22-21-17(25-18)20-12-14-4-6-15(19)7-5-14/h2-9H,10-12H2,1H3,(H,20,21). The minimum Gasteiger partial charge on any atom is -0.493 e. The monoisotopic (exact) mass is 375 g/mol. The number of ether oxygens (including phenoxy) is 1. The van der Waals surface area contributed by atoms with Gasteiger partial charge in [0.25, 0.3) is 0 Å². The predicted molar refractivity (Wildman–Crippen MR) is 101 cm³/mol. The summed E-state index contributed by atoms with van der Waals surface area (Å²) in [4.78, 5) is 0. The van der Waals surface area contributed by atoms with E-state index in [1.54, 1.807) is 23.9 Å². The molecule has 0 atom stereocenters. The Morgan fingerprint density at radius 2 is 1.84 bits per heavy atom. The molecule has 0 saturated carbocycles. The summed E-state index contributed by atoms with van der Waals surface area (Å²) in [6.45, 7) is 3.26. The van der Waals surface area contributed by atoms with Gasteiger partial charge in [0.15, 0.2) is 4.34 Å². The molecule has 0 spiro atoms. The topological polar surface area (TPSA) is 47.0 Å². The summed E-state index contributed by atoms with van der Waals surface area (Å²) in [5.74, 6) is 1.46. The highest BCUT2D eigenvalue weighted by atomic mass is 32.2. The maximum atomic E-state index is 12.9. The molecule has 130 valence electrons. The Labute approximate surface area is 154 Å². The molecule has 1 heterocycles. The number of nitrogens with one attached hydrogen (secondary N) is 1. The van der Waals surface area contributed by atoms with Crippen molar-refractivity contribution in [2.24, 2.45) is 0 Å². The minimum atomic E-state index is -0.230. The second kappa shape index (κ2) is 8.82. The van der Waals surface area contributed by atoms with E-state index in [4.69, 9.17) is 4.74 Å². The van der Waals surface area contributed by atoms with Crippen molar-refractivity contribution in [2.45, 2.75) is 17.8 Å². The molecule has 2 aromatic carbocycles. The van der Waals surface area contributed by atoms with Gasteiger partial charge in [0, 0.05) is 12.3 Å². The van der Waals surface area contributed by atoms with Crippen molar-refractivity contribution in [3.63, 3.8) is 0 Å². The minimum absolute atomic E-state index is 0.230. The molecule has 3 aromatic rings. The quantitative estimate of drug-likeness (QED) is 0.454. The van der Waals surface area contributed by atoms with Crippen LogP contribution in [0.15, 0.2) is 52.9 Å². The number of benzene rings is 2. The Bertz CT molecular complexity index is 791. The average Bonchev–Trinajstić information content (AvgIpc) is 3.08. The third kappa shape index (κ3) is 5.72. The molecule has 3 rings (SSSR count). The summed E-state index contributed by atoms with van der Waals surface area (Å²) in [5, 5.41) is 12.2. The van der Waals surface area contributed by atoms with Gasteiger partial charge in [0.2, 0.25) is 5.13 Å². The number of aromatic nitrogens is 2. The van der Waals surface area contributed by atoms with Crippen LogP contribution >= 0.6 is 23.1 Å². The molecular weight excluding hydrogens is 357 g/mol. The van der Waals surface area contributed by atoms with Crippen molar-refractivity contribution in [3.8, 4) is 5.75 Å². The molecule has 0 aliphatic rings. The lowest BCUT2D eigenvalue weighted by Gasteiger charge is -2.05. The van der Waals surface area contributed by atoms with Crippen LogP contribution in [-0.2, 0) is 6.54 Å². The van der Waals surface area contributed by atoms with Gasteiger partial charge in [0.05, 0.1) is 6.61 Å². The van der Waals surface area contributed by atoms with Crippen molar-refractivity contribution < 1.29 is 9.13 Å². The molecular formula is C18H18FN3OS2. The van der Waals surface area contributed by atoms with Gasteiger partial charge in [-0.25, -0.2) is 4.39 Å². The maximum Gasteiger partial charge on any atom is 0.206 e. The fraction of sp³-hybridized carbons (Fsp3) is 0.222. The molecule has 0 unspecified atom stereocenters. The summed E-state index contributed by atoms with van der Waals surface area (Å²) >= 11 is 3.12. The average molecular weight is 375 g/mol. The highest BCUT2D eigenvalue weighted by molar-refractivity contribution is 8.01. The van der Waals surface area contributed by atoms with Crippen LogP contribution in [0, 0.1) is 12.7 Å². The summed E-state index contributed by atoms with van der Waals surface area (Å²) in [6.07, 6.45) is 0. The maximum absolute atomic E-state index is 12.9. The zero-order valence-electron chi connectivity index (χ0n) is 13.7. The molecule has 7 heteroatoms. The number of aryl methyl sites for hydroxylation is 1. The fourth-order valence-corrected chi connectivity index (χ4v) is 3.68. The second-order valence-corrected chi connectivity index (χ2v) is 7.68. The molecule has 4 nitrogen and oxygen atoms in total. The summed E-state index contributed by atoms with van der Waals surface area (Å²) in [6, 6.07) is 14.4. The number of rotatable bonds is 8. The van der Waals surface area contributed by atoms with Gasteiger partial charge in [-0.3, -0.25) is 0 Å². The Kier molecular flexibility index (Phi) is 6.25. The van der Waals surface area contributed by atoms with E-state index in [0.717, 1.165) is 26.5 Å². The Morgan fingerprint density at radius 3 is 2.60 bits per heavy atom. The highest BCUT2D eigenvalue weighted by Gasteiger charge is 2.05. The van der Waals surface area contributed by atoms with E-state index >= 15 is 0 Å². The molecule has 1 aromatic heterocycles. The van der Waals surface area contributed by atoms with Crippen LogP contribution in [0.2, 0.25) is 0 Å². The van der Waals surface area contributed by atoms with E-state index in [9.17, 15) is 4.39 Å². The molecule has 0 aliphatic heterocycles. The number of thioether (sulfide) groups is 1. The first-order valence-corrected chi connectivity index (χ1v) is 9.63. The Morgan fingerprint density at radius 1 is 1.08 bits per heavy atom. The Balaban J connectivity index is 1.39. The lowest BCUT2D eigenvalue weighted by Crippen LogP contribution is -1.99. The van der Waals surface area contributed by atoms with Gasteiger partial charge < -0.3 is 10.1 Å². The SMILES string of the molecule is Cc1ccc(OCCSc2nnc(NCc3ccc(F)cc3)s2)cc1. The third-order valence-electron chi connectivity index (χ3n) is 3.36. The fourth-order valence-electron chi connectivity index (χ4n) is 2.04. The molecule has 1 N–H and O–H groups in total. The van der Waals surface area contributed by atoms with Crippen LogP contribution in [0.5, 0.6) is 5.75 Å². The van der Waals surface area contributed by atoms with Gasteiger partial charge in [-0.2, -0.15) is 0 Å². The third-order valence-corrected chi connectivity index (χ3v) is 5.34. The first kappa shape index (κ1) is 17.7. The van der Waals surface area contributed by atoms with E-state index in [1.807, 2.05) is 24.3 Å². The first-order chi connectivity index (χ1) is 12.2. The lowest BCUT2D eigenvalue weighted by atomic mass is 10.2. The van der Waals surface area contributed by atoms with Crippen LogP contribution in [-0.4, -0.2) is 22.6 Å². The molecule has 0 amide bonds. The number of hydrogen-bond acceptors (Lipinski definition) is 6. The number of halogens is 1.